The van der Waals surface area contributed by atoms with E-state index in [0.29, 0.717) is 0 Å². The quantitative estimate of drug-likeness (QED) is 0.315. The van der Waals surface area contributed by atoms with Crippen LogP contribution in [0.2, 0.25) is 0 Å². The van der Waals surface area contributed by atoms with Crippen molar-refractivity contribution in [3.05, 3.63) is 11.8 Å². The minimum atomic E-state index is -0.911. The topological polar surface area (TPSA) is 63.7 Å². The van der Waals surface area contributed by atoms with Crippen LogP contribution < -0.4 is 0 Å². The van der Waals surface area contributed by atoms with Crippen molar-refractivity contribution in [1.82, 2.24) is 4.90 Å². The van der Waals surface area contributed by atoms with Crippen LogP contribution in [0.5, 0.6) is 0 Å². The zero-order valence-electron chi connectivity index (χ0n) is 11.4. The van der Waals surface area contributed by atoms with E-state index in [1.54, 1.807) is 32.8 Å². The molecule has 0 aromatic heterocycles. The smallest absolute Gasteiger partial charge is 0.317 e. The van der Waals surface area contributed by atoms with Gasteiger partial charge in [0.1, 0.15) is 5.92 Å². The van der Waals surface area contributed by atoms with E-state index in [1.165, 1.54) is 13.3 Å². The molecule has 1 rings (SSSR count). The molecule has 1 aliphatic rings. The Hall–Kier alpha value is -1.65. The second-order valence-corrected chi connectivity index (χ2v) is 5.42. The molecule has 0 aromatic carbocycles. The summed E-state index contributed by atoms with van der Waals surface area (Å²) >= 11 is 0. The van der Waals surface area contributed by atoms with Crippen molar-refractivity contribution >= 4 is 17.5 Å². The number of carbonyl (C=O) groups excluding carboxylic acids is 3. The van der Waals surface area contributed by atoms with Crippen molar-refractivity contribution in [1.29, 1.82) is 0 Å². The summed E-state index contributed by atoms with van der Waals surface area (Å²) in [7, 11) is 4.69. The highest BCUT2D eigenvalue weighted by Crippen LogP contribution is 2.39. The highest BCUT2D eigenvalue weighted by molar-refractivity contribution is 6.27. The summed E-state index contributed by atoms with van der Waals surface area (Å²) in [6, 6.07) is 0. The summed E-state index contributed by atoms with van der Waals surface area (Å²) < 4.78 is 4.67. The molecule has 0 unspecified atom stereocenters. The van der Waals surface area contributed by atoms with Gasteiger partial charge in [0.15, 0.2) is 11.6 Å². The number of hydrogen-bond donors (Lipinski definition) is 0. The molecule has 0 amide bonds. The maximum Gasteiger partial charge on any atom is 0.317 e. The number of rotatable bonds is 2. The van der Waals surface area contributed by atoms with Crippen LogP contribution in [-0.4, -0.2) is 43.6 Å². The van der Waals surface area contributed by atoms with Gasteiger partial charge in [-0.15, -0.1) is 0 Å². The number of ketones is 2. The van der Waals surface area contributed by atoms with Crippen LogP contribution >= 0.6 is 0 Å². The highest BCUT2D eigenvalue weighted by Gasteiger charge is 2.49. The number of ether oxygens (including phenoxy) is 1. The van der Waals surface area contributed by atoms with Crippen LogP contribution in [0.15, 0.2) is 11.8 Å². The van der Waals surface area contributed by atoms with E-state index in [0.717, 1.165) is 0 Å². The maximum atomic E-state index is 12.3. The lowest BCUT2D eigenvalue weighted by atomic mass is 9.66. The summed E-state index contributed by atoms with van der Waals surface area (Å²) in [6.07, 6.45) is 1.63. The molecule has 0 aliphatic heterocycles. The van der Waals surface area contributed by atoms with Gasteiger partial charge in [0.25, 0.3) is 0 Å². The summed E-state index contributed by atoms with van der Waals surface area (Å²) in [6.45, 7) is 3.47. The number of carbonyl (C=O) groups is 3. The lowest BCUT2D eigenvalue weighted by molar-refractivity contribution is -0.155. The molecule has 100 valence electrons. The first kappa shape index (κ1) is 14.4. The molecule has 5 nitrogen and oxygen atoms in total. The van der Waals surface area contributed by atoms with Crippen LogP contribution in [0.3, 0.4) is 0 Å². The Bertz CT molecular complexity index is 421. The standard InChI is InChI=1S/C13H19NO4/c1-13(2)6-9(15)8(7-14(3)4)11(16)10(13)12(17)18-5/h7,10H,6H2,1-5H3/b8-7-/t10-/m0/s1. The van der Waals surface area contributed by atoms with Gasteiger partial charge in [0.2, 0.25) is 0 Å². The third-order valence-electron chi connectivity index (χ3n) is 3.05. The van der Waals surface area contributed by atoms with Gasteiger partial charge in [-0.05, 0) is 5.41 Å². The maximum absolute atomic E-state index is 12.3. The molecule has 0 bridgehead atoms. The molecule has 0 spiro atoms. The van der Waals surface area contributed by atoms with Gasteiger partial charge in [-0.3, -0.25) is 14.4 Å². The zero-order valence-corrected chi connectivity index (χ0v) is 11.4. The number of Topliss-reactive ketones (excluding diaryl/α,β-unsaturated/α-hetero) is 2. The largest absolute Gasteiger partial charge is 0.468 e. The molecule has 1 saturated carbocycles. The summed E-state index contributed by atoms with van der Waals surface area (Å²) in [5, 5.41) is 0. The molecule has 1 aliphatic carbocycles. The Morgan fingerprint density at radius 1 is 1.39 bits per heavy atom. The van der Waals surface area contributed by atoms with E-state index < -0.39 is 23.1 Å². The molecule has 0 N–H and O–H groups in total. The van der Waals surface area contributed by atoms with Crippen LogP contribution in [-0.2, 0) is 19.1 Å². The molecule has 1 atom stereocenters. The summed E-state index contributed by atoms with van der Waals surface area (Å²) in [5.74, 6) is -2.16. The number of esters is 1. The van der Waals surface area contributed by atoms with Crippen LogP contribution in [0.4, 0.5) is 0 Å². The average Bonchev–Trinajstić information content (AvgIpc) is 2.22. The fourth-order valence-corrected chi connectivity index (χ4v) is 2.20. The fourth-order valence-electron chi connectivity index (χ4n) is 2.20. The summed E-state index contributed by atoms with van der Waals surface area (Å²) in [4.78, 5) is 37.6. The van der Waals surface area contributed by atoms with E-state index in [2.05, 4.69) is 4.74 Å². The predicted molar refractivity (Wildman–Crippen MR) is 65.7 cm³/mol. The lowest BCUT2D eigenvalue weighted by Gasteiger charge is -2.35. The first-order valence-electron chi connectivity index (χ1n) is 5.74. The van der Waals surface area contributed by atoms with Crippen molar-refractivity contribution in [2.75, 3.05) is 21.2 Å². The third-order valence-corrected chi connectivity index (χ3v) is 3.05. The Balaban J connectivity index is 3.21. The van der Waals surface area contributed by atoms with Gasteiger partial charge < -0.3 is 9.64 Å². The van der Waals surface area contributed by atoms with Gasteiger partial charge in [-0.2, -0.15) is 0 Å². The van der Waals surface area contributed by atoms with Crippen molar-refractivity contribution in [3.63, 3.8) is 0 Å². The molecule has 5 heteroatoms. The Morgan fingerprint density at radius 3 is 2.39 bits per heavy atom. The Morgan fingerprint density at radius 2 is 1.94 bits per heavy atom. The average molecular weight is 253 g/mol. The fraction of sp³-hybridized carbons (Fsp3) is 0.615. The van der Waals surface area contributed by atoms with E-state index in [4.69, 9.17) is 0 Å². The van der Waals surface area contributed by atoms with Crippen LogP contribution in [0, 0.1) is 11.3 Å². The first-order chi connectivity index (χ1) is 8.20. The SMILES string of the molecule is COC(=O)[C@@H]1C(=O)/C(=C\N(C)C)C(=O)CC1(C)C. The zero-order chi connectivity index (χ0) is 14.1. The van der Waals surface area contributed by atoms with Crippen molar-refractivity contribution in [3.8, 4) is 0 Å². The summed E-state index contributed by atoms with van der Waals surface area (Å²) in [5.41, 5.74) is -0.625. The van der Waals surface area contributed by atoms with E-state index in [1.807, 2.05) is 0 Å². The number of hydrogen-bond acceptors (Lipinski definition) is 5. The molecule has 0 heterocycles. The molecule has 1 fully saturated rings. The minimum absolute atomic E-state index is 0.0784. The molecule has 0 saturated heterocycles. The Kier molecular flexibility index (Phi) is 3.94. The van der Waals surface area contributed by atoms with Gasteiger partial charge in [-0.1, -0.05) is 13.8 Å². The second-order valence-electron chi connectivity index (χ2n) is 5.42. The second kappa shape index (κ2) is 4.92. The first-order valence-corrected chi connectivity index (χ1v) is 5.74. The van der Waals surface area contributed by atoms with Crippen molar-refractivity contribution in [2.24, 2.45) is 11.3 Å². The minimum Gasteiger partial charge on any atom is -0.468 e. The number of methoxy groups -OCH3 is 1. The van der Waals surface area contributed by atoms with Crippen LogP contribution in [0.1, 0.15) is 20.3 Å². The van der Waals surface area contributed by atoms with E-state index >= 15 is 0 Å². The molecule has 0 aromatic rings. The van der Waals surface area contributed by atoms with Gasteiger partial charge >= 0.3 is 5.97 Å². The monoisotopic (exact) mass is 253 g/mol. The lowest BCUT2D eigenvalue weighted by Crippen LogP contribution is -2.46. The molecule has 0 radical (unpaired) electrons. The van der Waals surface area contributed by atoms with Crippen molar-refractivity contribution < 1.29 is 19.1 Å². The number of nitrogens with zero attached hydrogens (tertiary/aromatic N) is 1. The van der Waals surface area contributed by atoms with Crippen LogP contribution in [0.25, 0.3) is 0 Å². The van der Waals surface area contributed by atoms with Gasteiger partial charge in [0, 0.05) is 26.7 Å². The van der Waals surface area contributed by atoms with E-state index in [9.17, 15) is 14.4 Å². The molecular formula is C13H19NO4. The number of allylic oxidation sites excluding steroid dienone is 1. The molecule has 18 heavy (non-hydrogen) atoms. The predicted octanol–water partition coefficient (Wildman–Crippen LogP) is 0.789. The Labute approximate surface area is 107 Å². The van der Waals surface area contributed by atoms with E-state index in [-0.39, 0.29) is 17.8 Å². The molecular weight excluding hydrogens is 234 g/mol. The highest BCUT2D eigenvalue weighted by atomic mass is 16.5. The third kappa shape index (κ3) is 2.60. The van der Waals surface area contributed by atoms with Gasteiger partial charge in [-0.25, -0.2) is 0 Å². The van der Waals surface area contributed by atoms with Crippen molar-refractivity contribution in [2.45, 2.75) is 20.3 Å². The van der Waals surface area contributed by atoms with Gasteiger partial charge in [0.05, 0.1) is 12.7 Å². The normalized spacial score (nSPS) is 25.2.